The Morgan fingerprint density at radius 3 is 2.51 bits per heavy atom. The van der Waals surface area contributed by atoms with Crippen molar-refractivity contribution in [2.24, 2.45) is 11.8 Å². The highest BCUT2D eigenvalue weighted by Gasteiger charge is 2.30. The Morgan fingerprint density at radius 2 is 1.83 bits per heavy atom. The van der Waals surface area contributed by atoms with E-state index in [2.05, 4.69) is 48.8 Å². The van der Waals surface area contributed by atoms with Gasteiger partial charge in [0.15, 0.2) is 5.78 Å². The summed E-state index contributed by atoms with van der Waals surface area (Å²) in [5, 5.41) is 4.25. The van der Waals surface area contributed by atoms with E-state index in [9.17, 15) is 14.4 Å². The summed E-state index contributed by atoms with van der Waals surface area (Å²) in [6.07, 6.45) is 10.2. The maximum absolute atomic E-state index is 13.8. The van der Waals surface area contributed by atoms with Gasteiger partial charge in [0.25, 0.3) is 0 Å². The van der Waals surface area contributed by atoms with Gasteiger partial charge in [0.1, 0.15) is 5.78 Å². The quantitative estimate of drug-likeness (QED) is 0.230. The third kappa shape index (κ3) is 9.05. The number of ketones is 2. The summed E-state index contributed by atoms with van der Waals surface area (Å²) in [7, 11) is 0. The fourth-order valence-corrected chi connectivity index (χ4v) is 7.44. The number of Topliss-reactive ketones (excluding diaryl/α,β-unsaturated/α-hetero) is 2. The lowest BCUT2D eigenvalue weighted by molar-refractivity contribution is -0.130. The van der Waals surface area contributed by atoms with Crippen molar-refractivity contribution in [3.63, 3.8) is 0 Å². The monoisotopic (exact) mass is 579 g/mol. The first-order valence-corrected chi connectivity index (χ1v) is 16.7. The topological polar surface area (TPSA) is 79.4 Å². The number of nitrogens with one attached hydrogen (secondary N) is 1. The van der Waals surface area contributed by atoms with E-state index in [-0.39, 0.29) is 29.9 Å². The molecule has 41 heavy (non-hydrogen) atoms. The highest BCUT2D eigenvalue weighted by molar-refractivity contribution is 7.18. The lowest BCUT2D eigenvalue weighted by atomic mass is 9.81. The SMILES string of the molecule is C=C(CN1CCCC1)C(=O)CCC(NC(=O)[C@@H](CC(=O)CC)Cc1nc2ccc(C(C)C)cc2s1)C1CCCCC1. The van der Waals surface area contributed by atoms with E-state index in [0.29, 0.717) is 49.6 Å². The molecule has 2 aromatic rings. The Balaban J connectivity index is 1.45. The molecule has 1 aliphatic heterocycles. The van der Waals surface area contributed by atoms with Crippen molar-refractivity contribution in [3.8, 4) is 0 Å². The number of thiazole rings is 1. The zero-order valence-electron chi connectivity index (χ0n) is 25.4. The summed E-state index contributed by atoms with van der Waals surface area (Å²) >= 11 is 1.63. The number of rotatable bonds is 15. The molecule has 1 amide bonds. The predicted molar refractivity (Wildman–Crippen MR) is 168 cm³/mol. The number of carbonyl (C=O) groups excluding carboxylic acids is 3. The van der Waals surface area contributed by atoms with Crippen molar-refractivity contribution in [2.75, 3.05) is 19.6 Å². The number of benzene rings is 1. The van der Waals surface area contributed by atoms with Crippen LogP contribution < -0.4 is 5.32 Å². The van der Waals surface area contributed by atoms with Crippen LogP contribution in [-0.2, 0) is 20.8 Å². The summed E-state index contributed by atoms with van der Waals surface area (Å²) in [6, 6.07) is 6.32. The van der Waals surface area contributed by atoms with Crippen LogP contribution in [0, 0.1) is 11.8 Å². The Morgan fingerprint density at radius 1 is 1.10 bits per heavy atom. The van der Waals surface area contributed by atoms with Gasteiger partial charge < -0.3 is 5.32 Å². The van der Waals surface area contributed by atoms with Gasteiger partial charge in [-0.1, -0.05) is 52.7 Å². The van der Waals surface area contributed by atoms with Gasteiger partial charge in [0, 0.05) is 43.8 Å². The van der Waals surface area contributed by atoms with E-state index in [0.717, 1.165) is 54.0 Å². The Kier molecular flexibility index (Phi) is 11.7. The van der Waals surface area contributed by atoms with E-state index in [1.807, 2.05) is 6.92 Å². The van der Waals surface area contributed by atoms with Gasteiger partial charge in [0.2, 0.25) is 5.91 Å². The molecule has 7 heteroatoms. The van der Waals surface area contributed by atoms with Gasteiger partial charge in [-0.2, -0.15) is 0 Å². The minimum Gasteiger partial charge on any atom is -0.353 e. The van der Waals surface area contributed by atoms with Crippen molar-refractivity contribution in [2.45, 2.75) is 110 Å². The highest BCUT2D eigenvalue weighted by atomic mass is 32.1. The van der Waals surface area contributed by atoms with Gasteiger partial charge in [-0.15, -0.1) is 11.3 Å². The fourth-order valence-electron chi connectivity index (χ4n) is 6.35. The molecule has 0 bridgehead atoms. The van der Waals surface area contributed by atoms with Crippen LogP contribution in [0.1, 0.15) is 108 Å². The van der Waals surface area contributed by atoms with E-state index in [1.165, 1.54) is 24.8 Å². The number of hydrogen-bond donors (Lipinski definition) is 1. The molecular weight excluding hydrogens is 530 g/mol. The standard InChI is InChI=1S/C34H49N3O3S/c1-5-28(38)19-27(21-33-35-30-14-13-26(23(2)3)20-32(30)41-33)34(40)36-29(25-11-7-6-8-12-25)15-16-31(39)24(4)22-37-17-9-10-18-37/h13-14,20,23,25,27,29H,4-12,15-19,21-22H2,1-3H3,(H,36,40)/t27-,29?/m0/s1. The van der Waals surface area contributed by atoms with Crippen LogP contribution in [0.4, 0.5) is 0 Å². The van der Waals surface area contributed by atoms with Crippen LogP contribution in [0.25, 0.3) is 10.2 Å². The molecule has 1 unspecified atom stereocenters. The van der Waals surface area contributed by atoms with Crippen LogP contribution in [0.3, 0.4) is 0 Å². The van der Waals surface area contributed by atoms with Crippen molar-refractivity contribution >= 4 is 39.0 Å². The van der Waals surface area contributed by atoms with Gasteiger partial charge in [-0.3, -0.25) is 19.3 Å². The maximum atomic E-state index is 13.8. The zero-order valence-corrected chi connectivity index (χ0v) is 26.2. The average Bonchev–Trinajstić information content (AvgIpc) is 3.63. The second-order valence-electron chi connectivity index (χ2n) is 12.5. The Labute approximate surface area is 250 Å². The number of fused-ring (bicyclic) bond motifs is 1. The smallest absolute Gasteiger partial charge is 0.224 e. The van der Waals surface area contributed by atoms with E-state index < -0.39 is 5.92 Å². The van der Waals surface area contributed by atoms with Gasteiger partial charge in [-0.25, -0.2) is 4.98 Å². The van der Waals surface area contributed by atoms with Crippen molar-refractivity contribution in [3.05, 3.63) is 40.9 Å². The molecule has 1 saturated heterocycles. The summed E-state index contributed by atoms with van der Waals surface area (Å²) in [5.74, 6) is 0.474. The molecule has 2 fully saturated rings. The molecule has 2 atom stereocenters. The third-order valence-electron chi connectivity index (χ3n) is 9.02. The van der Waals surface area contributed by atoms with Crippen LogP contribution in [0.5, 0.6) is 0 Å². The predicted octanol–water partition coefficient (Wildman–Crippen LogP) is 7.01. The molecule has 4 rings (SSSR count). The lowest BCUT2D eigenvalue weighted by Crippen LogP contribution is -2.45. The lowest BCUT2D eigenvalue weighted by Gasteiger charge is -2.32. The zero-order chi connectivity index (χ0) is 29.4. The number of aromatic nitrogens is 1. The molecule has 6 nitrogen and oxygen atoms in total. The second-order valence-corrected chi connectivity index (χ2v) is 13.7. The van der Waals surface area contributed by atoms with E-state index in [1.54, 1.807) is 11.3 Å². The van der Waals surface area contributed by atoms with Crippen molar-refractivity contribution < 1.29 is 14.4 Å². The van der Waals surface area contributed by atoms with Crippen molar-refractivity contribution in [1.29, 1.82) is 0 Å². The highest BCUT2D eigenvalue weighted by Crippen LogP contribution is 2.31. The molecule has 2 heterocycles. The minimum absolute atomic E-state index is 0.0606. The summed E-state index contributed by atoms with van der Waals surface area (Å²) in [6.45, 7) is 13.0. The first-order chi connectivity index (χ1) is 19.7. The molecule has 0 spiro atoms. The van der Waals surface area contributed by atoms with E-state index in [4.69, 9.17) is 4.98 Å². The molecule has 2 aliphatic rings. The Bertz CT molecular complexity index is 1210. The number of likely N-dealkylation sites (tertiary alicyclic amines) is 1. The molecular formula is C34H49N3O3S. The number of nitrogens with zero attached hydrogens (tertiary/aromatic N) is 2. The molecule has 1 aromatic carbocycles. The van der Waals surface area contributed by atoms with E-state index >= 15 is 0 Å². The summed E-state index contributed by atoms with van der Waals surface area (Å²) in [4.78, 5) is 46.6. The number of hydrogen-bond acceptors (Lipinski definition) is 6. The van der Waals surface area contributed by atoms with Crippen LogP contribution >= 0.6 is 11.3 Å². The normalized spacial score (nSPS) is 18.0. The number of carbonyl (C=O) groups is 3. The molecule has 1 aliphatic carbocycles. The van der Waals surface area contributed by atoms with Gasteiger partial charge in [-0.05, 0) is 74.7 Å². The largest absolute Gasteiger partial charge is 0.353 e. The van der Waals surface area contributed by atoms with Gasteiger partial charge >= 0.3 is 0 Å². The second kappa shape index (κ2) is 15.2. The summed E-state index contributed by atoms with van der Waals surface area (Å²) < 4.78 is 1.12. The van der Waals surface area contributed by atoms with Crippen LogP contribution in [-0.4, -0.2) is 53.0 Å². The van der Waals surface area contributed by atoms with Crippen LogP contribution in [0.2, 0.25) is 0 Å². The molecule has 1 saturated carbocycles. The Hall–Kier alpha value is -2.38. The average molecular weight is 580 g/mol. The third-order valence-corrected chi connectivity index (χ3v) is 10.1. The maximum Gasteiger partial charge on any atom is 0.224 e. The molecule has 1 aromatic heterocycles. The fraction of sp³-hybridized carbons (Fsp3) is 0.647. The minimum atomic E-state index is -0.459. The number of amides is 1. The summed E-state index contributed by atoms with van der Waals surface area (Å²) in [5.41, 5.74) is 2.91. The molecule has 1 N–H and O–H groups in total. The van der Waals surface area contributed by atoms with Crippen LogP contribution in [0.15, 0.2) is 30.4 Å². The van der Waals surface area contributed by atoms with Gasteiger partial charge in [0.05, 0.1) is 21.1 Å². The van der Waals surface area contributed by atoms with Crippen molar-refractivity contribution in [1.82, 2.24) is 15.2 Å². The molecule has 224 valence electrons. The molecule has 0 radical (unpaired) electrons. The first-order valence-electron chi connectivity index (χ1n) is 15.9. The first kappa shape index (κ1) is 31.6.